The van der Waals surface area contributed by atoms with Crippen LogP contribution in [0, 0.1) is 5.92 Å². The summed E-state index contributed by atoms with van der Waals surface area (Å²) >= 11 is 0. The molecule has 2 nitrogen and oxygen atoms in total. The summed E-state index contributed by atoms with van der Waals surface area (Å²) < 4.78 is 0. The fourth-order valence-corrected chi connectivity index (χ4v) is 4.71. The number of unbranched alkanes of at least 4 members (excludes halogenated alkanes) is 12. The minimum absolute atomic E-state index is 0. The van der Waals surface area contributed by atoms with Crippen LogP contribution >= 0.6 is 0 Å². The van der Waals surface area contributed by atoms with E-state index in [1.54, 1.807) is 0 Å². The Labute approximate surface area is 179 Å². The Kier molecular flexibility index (Phi) is 23.3. The molecule has 0 spiro atoms. The Hall–Kier alpha value is -0.0800. The second-order valence-electron chi connectivity index (χ2n) is 9.25. The van der Waals surface area contributed by atoms with Crippen LogP contribution in [0.2, 0.25) is 0 Å². The lowest BCUT2D eigenvalue weighted by molar-refractivity contribution is 0.192. The molecule has 0 aliphatic carbocycles. The Balaban J connectivity index is 0. The van der Waals surface area contributed by atoms with Gasteiger partial charge in [-0.3, -0.25) is 0 Å². The molecule has 0 radical (unpaired) electrons. The molecule has 28 heavy (non-hydrogen) atoms. The van der Waals surface area contributed by atoms with Crippen LogP contribution in [-0.4, -0.2) is 11.0 Å². The van der Waals surface area contributed by atoms with Crippen molar-refractivity contribution in [2.75, 3.05) is 0 Å². The molecular weight excluding hydrogens is 342 g/mol. The third-order valence-electron chi connectivity index (χ3n) is 6.60. The summed E-state index contributed by atoms with van der Waals surface area (Å²) in [4.78, 5) is 0. The maximum Gasteiger partial charge on any atom is 0.0182 e. The third-order valence-corrected chi connectivity index (χ3v) is 6.60. The highest BCUT2D eigenvalue weighted by Gasteiger charge is 2.32. The number of hydrogen-bond donors (Lipinski definition) is 1. The Morgan fingerprint density at radius 2 is 0.893 bits per heavy atom. The summed E-state index contributed by atoms with van der Waals surface area (Å²) in [5.41, 5.74) is 7.31. The van der Waals surface area contributed by atoms with Crippen LogP contribution in [0.4, 0.5) is 0 Å². The van der Waals surface area contributed by atoms with Gasteiger partial charge in [-0.05, 0) is 31.6 Å². The Bertz CT molecular complexity index is 278. The minimum atomic E-state index is 0. The molecule has 0 saturated heterocycles. The van der Waals surface area contributed by atoms with Crippen LogP contribution in [0.1, 0.15) is 156 Å². The van der Waals surface area contributed by atoms with Crippen LogP contribution in [-0.2, 0) is 0 Å². The molecule has 0 aliphatic heterocycles. The van der Waals surface area contributed by atoms with E-state index in [0.29, 0.717) is 0 Å². The fraction of sp³-hybridized carbons (Fsp3) is 1.00. The van der Waals surface area contributed by atoms with Gasteiger partial charge in [-0.1, -0.05) is 130 Å². The van der Waals surface area contributed by atoms with Gasteiger partial charge < -0.3 is 11.2 Å². The lowest BCUT2D eigenvalue weighted by Crippen LogP contribution is -2.47. The van der Waals surface area contributed by atoms with E-state index >= 15 is 0 Å². The van der Waals surface area contributed by atoms with Crippen molar-refractivity contribution in [1.82, 2.24) is 0 Å². The topological polar surface area (TPSA) is 57.5 Å². The van der Waals surface area contributed by atoms with Gasteiger partial charge in [-0.2, -0.15) is 0 Å². The number of rotatable bonds is 21. The smallest absolute Gasteiger partial charge is 0.0182 e. The summed E-state index contributed by atoms with van der Waals surface area (Å²) in [5.74, 6) is 0.751. The van der Waals surface area contributed by atoms with E-state index in [2.05, 4.69) is 27.7 Å². The van der Waals surface area contributed by atoms with Gasteiger partial charge in [0.15, 0.2) is 0 Å². The van der Waals surface area contributed by atoms with Gasteiger partial charge in [0, 0.05) is 5.54 Å². The molecule has 0 aromatic heterocycles. The molecule has 0 heterocycles. The van der Waals surface area contributed by atoms with Crippen LogP contribution in [0.25, 0.3) is 0 Å². The molecule has 172 valence electrons. The van der Waals surface area contributed by atoms with Crippen LogP contribution < -0.4 is 5.73 Å². The van der Waals surface area contributed by atoms with Crippen LogP contribution in [0.3, 0.4) is 0 Å². The summed E-state index contributed by atoms with van der Waals surface area (Å²) in [6.07, 6.45) is 27.3. The third kappa shape index (κ3) is 15.8. The Morgan fingerprint density at radius 3 is 1.29 bits per heavy atom. The molecule has 0 aromatic carbocycles. The predicted molar refractivity (Wildman–Crippen MR) is 129 cm³/mol. The van der Waals surface area contributed by atoms with Gasteiger partial charge >= 0.3 is 0 Å². The fourth-order valence-electron chi connectivity index (χ4n) is 4.71. The van der Waals surface area contributed by atoms with Gasteiger partial charge in [-0.25, -0.2) is 0 Å². The molecule has 0 aromatic rings. The highest BCUT2D eigenvalue weighted by Crippen LogP contribution is 2.34. The number of nitrogens with two attached hydrogens (primary N) is 1. The van der Waals surface area contributed by atoms with Crippen molar-refractivity contribution in [3.8, 4) is 0 Å². The monoisotopic (exact) mass is 399 g/mol. The molecule has 0 saturated carbocycles. The lowest BCUT2D eigenvalue weighted by Gasteiger charge is -2.39. The molecule has 0 bridgehead atoms. The maximum atomic E-state index is 7.20. The summed E-state index contributed by atoms with van der Waals surface area (Å²) in [6.45, 7) is 9.27. The Morgan fingerprint density at radius 1 is 0.500 bits per heavy atom. The van der Waals surface area contributed by atoms with E-state index in [1.165, 1.54) is 128 Å². The average Bonchev–Trinajstić information content (AvgIpc) is 2.66. The number of hydrogen-bond acceptors (Lipinski definition) is 1. The molecule has 4 N–H and O–H groups in total. The summed E-state index contributed by atoms with van der Waals surface area (Å²) in [7, 11) is 0. The van der Waals surface area contributed by atoms with Crippen molar-refractivity contribution >= 4 is 0 Å². The van der Waals surface area contributed by atoms with Crippen molar-refractivity contribution in [2.24, 2.45) is 11.7 Å². The zero-order valence-corrected chi connectivity index (χ0v) is 20.3. The summed E-state index contributed by atoms with van der Waals surface area (Å²) in [6, 6.07) is 0. The average molecular weight is 400 g/mol. The van der Waals surface area contributed by atoms with Crippen LogP contribution in [0.15, 0.2) is 0 Å². The predicted octanol–water partition coefficient (Wildman–Crippen LogP) is 8.36. The molecule has 0 fully saturated rings. The van der Waals surface area contributed by atoms with Gasteiger partial charge in [0.05, 0.1) is 0 Å². The van der Waals surface area contributed by atoms with Crippen molar-refractivity contribution in [3.63, 3.8) is 0 Å². The van der Waals surface area contributed by atoms with Crippen molar-refractivity contribution in [3.05, 3.63) is 0 Å². The van der Waals surface area contributed by atoms with Gasteiger partial charge in [0.25, 0.3) is 0 Å². The van der Waals surface area contributed by atoms with E-state index in [4.69, 9.17) is 5.73 Å². The zero-order chi connectivity index (χ0) is 20.2. The second kappa shape index (κ2) is 21.6. The molecule has 1 atom stereocenters. The van der Waals surface area contributed by atoms with Gasteiger partial charge in [-0.15, -0.1) is 0 Å². The molecule has 0 rings (SSSR count). The second-order valence-corrected chi connectivity index (χ2v) is 9.25. The largest absolute Gasteiger partial charge is 0.412 e. The standard InChI is InChI=1S/C26H55N.H2O/c1-5-9-12-15-18-22-25(21-8-4)26(27,23-19-16-13-10-6-2)24-20-17-14-11-7-3;/h25H,5-24,27H2,1-4H3;1H2. The van der Waals surface area contributed by atoms with Crippen LogP contribution in [0.5, 0.6) is 0 Å². The van der Waals surface area contributed by atoms with Crippen molar-refractivity contribution < 1.29 is 5.48 Å². The van der Waals surface area contributed by atoms with Gasteiger partial charge in [0.2, 0.25) is 0 Å². The molecule has 0 aliphatic rings. The SMILES string of the molecule is CCCCCCCC(CCC)C(N)(CCCCCCC)CCCCCCC.O. The van der Waals surface area contributed by atoms with E-state index < -0.39 is 0 Å². The molecule has 2 heteroatoms. The zero-order valence-electron chi connectivity index (χ0n) is 20.3. The van der Waals surface area contributed by atoms with Crippen molar-refractivity contribution in [1.29, 1.82) is 0 Å². The first kappa shape index (κ1) is 30.1. The quantitative estimate of drug-likeness (QED) is 0.194. The molecule has 1 unspecified atom stereocenters. The first-order valence-electron chi connectivity index (χ1n) is 12.9. The van der Waals surface area contributed by atoms with E-state index in [0.717, 1.165) is 5.92 Å². The summed E-state index contributed by atoms with van der Waals surface area (Å²) in [5, 5.41) is 0. The van der Waals surface area contributed by atoms with Crippen molar-refractivity contribution in [2.45, 2.75) is 162 Å². The molecular formula is C26H57NO. The minimum Gasteiger partial charge on any atom is -0.412 e. The van der Waals surface area contributed by atoms with Gasteiger partial charge in [0.1, 0.15) is 0 Å². The van der Waals surface area contributed by atoms with E-state index in [-0.39, 0.29) is 11.0 Å². The first-order valence-corrected chi connectivity index (χ1v) is 12.9. The maximum absolute atomic E-state index is 7.20. The highest BCUT2D eigenvalue weighted by molar-refractivity contribution is 4.91. The van der Waals surface area contributed by atoms with E-state index in [9.17, 15) is 0 Å². The normalized spacial score (nSPS) is 12.8. The lowest BCUT2D eigenvalue weighted by atomic mass is 9.72. The highest BCUT2D eigenvalue weighted by atomic mass is 16.0. The first-order chi connectivity index (χ1) is 13.1. The van der Waals surface area contributed by atoms with E-state index in [1.807, 2.05) is 0 Å². The molecule has 0 amide bonds.